The lowest BCUT2D eigenvalue weighted by Gasteiger charge is -2.55. The lowest BCUT2D eigenvalue weighted by molar-refractivity contribution is -0.0351. The second-order valence-electron chi connectivity index (χ2n) is 7.59. The van der Waals surface area contributed by atoms with Crippen LogP contribution in [0.3, 0.4) is 0 Å². The van der Waals surface area contributed by atoms with Gasteiger partial charge in [-0.3, -0.25) is 4.90 Å². The van der Waals surface area contributed by atoms with Crippen LogP contribution in [0.15, 0.2) is 0 Å². The smallest absolute Gasteiger partial charge is 0.0362 e. The van der Waals surface area contributed by atoms with Crippen molar-refractivity contribution in [1.82, 2.24) is 9.80 Å². The lowest BCUT2D eigenvalue weighted by atomic mass is 9.66. The van der Waals surface area contributed by atoms with Crippen molar-refractivity contribution in [2.75, 3.05) is 33.7 Å². The first-order chi connectivity index (χ1) is 9.51. The summed E-state index contributed by atoms with van der Waals surface area (Å²) in [7, 11) is 4.44. The molecule has 2 N–H and O–H groups in total. The van der Waals surface area contributed by atoms with Crippen LogP contribution in [0.4, 0.5) is 0 Å². The maximum atomic E-state index is 6.34. The van der Waals surface area contributed by atoms with Gasteiger partial charge in [0.1, 0.15) is 0 Å². The molecule has 0 spiro atoms. The Morgan fingerprint density at radius 2 is 1.80 bits per heavy atom. The van der Waals surface area contributed by atoms with Crippen molar-refractivity contribution in [3.05, 3.63) is 0 Å². The van der Waals surface area contributed by atoms with Crippen LogP contribution in [0.5, 0.6) is 0 Å². The zero-order chi connectivity index (χ0) is 14.8. The van der Waals surface area contributed by atoms with Gasteiger partial charge in [0.15, 0.2) is 0 Å². The van der Waals surface area contributed by atoms with Crippen molar-refractivity contribution in [3.8, 4) is 0 Å². The van der Waals surface area contributed by atoms with Gasteiger partial charge >= 0.3 is 0 Å². The van der Waals surface area contributed by atoms with E-state index >= 15 is 0 Å². The van der Waals surface area contributed by atoms with Crippen LogP contribution in [-0.4, -0.2) is 55.1 Å². The molecule has 0 aromatic rings. The van der Waals surface area contributed by atoms with Gasteiger partial charge in [-0.1, -0.05) is 26.7 Å². The summed E-state index contributed by atoms with van der Waals surface area (Å²) < 4.78 is 0. The highest BCUT2D eigenvalue weighted by Crippen LogP contribution is 2.43. The normalized spacial score (nSPS) is 34.0. The number of likely N-dealkylation sites (tertiary alicyclic amines) is 1. The van der Waals surface area contributed by atoms with Gasteiger partial charge in [0.25, 0.3) is 0 Å². The van der Waals surface area contributed by atoms with Crippen LogP contribution in [-0.2, 0) is 0 Å². The standard InChI is InChI=1S/C17H35N3/c1-14(2)16-7-5-6-10-17(16,13-18)20-11-8-15(9-12-20)19(3)4/h14-16H,5-13,18H2,1-4H3. The summed E-state index contributed by atoms with van der Waals surface area (Å²) in [6.07, 6.45) is 8.08. The molecule has 2 atom stereocenters. The second kappa shape index (κ2) is 6.76. The zero-order valence-corrected chi connectivity index (χ0v) is 14.1. The van der Waals surface area contributed by atoms with Crippen LogP contribution >= 0.6 is 0 Å². The summed E-state index contributed by atoms with van der Waals surface area (Å²) in [4.78, 5) is 5.17. The quantitative estimate of drug-likeness (QED) is 0.859. The Labute approximate surface area is 125 Å². The molecule has 2 fully saturated rings. The minimum atomic E-state index is 0.295. The number of rotatable bonds is 4. The van der Waals surface area contributed by atoms with Gasteiger partial charge in [-0.2, -0.15) is 0 Å². The van der Waals surface area contributed by atoms with Crippen molar-refractivity contribution in [1.29, 1.82) is 0 Å². The molecule has 3 heteroatoms. The molecular formula is C17H35N3. The highest BCUT2D eigenvalue weighted by atomic mass is 15.2. The van der Waals surface area contributed by atoms with Gasteiger partial charge < -0.3 is 10.6 Å². The molecule has 1 aliphatic heterocycles. The summed E-state index contributed by atoms with van der Waals surface area (Å²) in [5, 5.41) is 0. The van der Waals surface area contributed by atoms with E-state index in [-0.39, 0.29) is 0 Å². The van der Waals surface area contributed by atoms with Gasteiger partial charge in [0.05, 0.1) is 0 Å². The first-order valence-electron chi connectivity index (χ1n) is 8.63. The molecule has 0 radical (unpaired) electrons. The van der Waals surface area contributed by atoms with E-state index in [9.17, 15) is 0 Å². The van der Waals surface area contributed by atoms with E-state index in [0.29, 0.717) is 5.54 Å². The molecule has 118 valence electrons. The van der Waals surface area contributed by atoms with Crippen LogP contribution in [0, 0.1) is 11.8 Å². The van der Waals surface area contributed by atoms with E-state index in [1.165, 1.54) is 51.6 Å². The molecule has 2 unspecified atom stereocenters. The molecule has 1 saturated heterocycles. The van der Waals surface area contributed by atoms with Crippen molar-refractivity contribution in [2.24, 2.45) is 17.6 Å². The Kier molecular flexibility index (Phi) is 5.49. The van der Waals surface area contributed by atoms with Crippen molar-refractivity contribution in [3.63, 3.8) is 0 Å². The minimum Gasteiger partial charge on any atom is -0.329 e. The topological polar surface area (TPSA) is 32.5 Å². The summed E-state index contributed by atoms with van der Waals surface area (Å²) in [6, 6.07) is 0.766. The molecule has 0 aromatic carbocycles. The molecule has 1 aliphatic carbocycles. The summed E-state index contributed by atoms with van der Waals surface area (Å²) >= 11 is 0. The Balaban J connectivity index is 2.10. The minimum absolute atomic E-state index is 0.295. The van der Waals surface area contributed by atoms with Crippen LogP contribution in [0.2, 0.25) is 0 Å². The van der Waals surface area contributed by atoms with Crippen molar-refractivity contribution < 1.29 is 0 Å². The summed E-state index contributed by atoms with van der Waals surface area (Å²) in [5.41, 5.74) is 6.63. The van der Waals surface area contributed by atoms with Gasteiger partial charge in [0, 0.05) is 31.2 Å². The zero-order valence-electron chi connectivity index (χ0n) is 14.1. The average Bonchev–Trinajstić information content (AvgIpc) is 2.47. The Hall–Kier alpha value is -0.120. The molecule has 20 heavy (non-hydrogen) atoms. The van der Waals surface area contributed by atoms with Gasteiger partial charge in [-0.25, -0.2) is 0 Å². The summed E-state index contributed by atoms with van der Waals surface area (Å²) in [6.45, 7) is 8.12. The second-order valence-corrected chi connectivity index (χ2v) is 7.59. The molecule has 3 nitrogen and oxygen atoms in total. The van der Waals surface area contributed by atoms with E-state index in [2.05, 4.69) is 37.7 Å². The maximum Gasteiger partial charge on any atom is 0.0362 e. The monoisotopic (exact) mass is 281 g/mol. The molecule has 0 amide bonds. The van der Waals surface area contributed by atoms with Crippen molar-refractivity contribution in [2.45, 2.75) is 64.0 Å². The lowest BCUT2D eigenvalue weighted by Crippen LogP contribution is -2.63. The number of hydrogen-bond acceptors (Lipinski definition) is 3. The van der Waals surface area contributed by atoms with E-state index in [1.54, 1.807) is 0 Å². The van der Waals surface area contributed by atoms with E-state index in [1.807, 2.05) is 0 Å². The molecule has 1 saturated carbocycles. The fourth-order valence-corrected chi connectivity index (χ4v) is 4.81. The highest BCUT2D eigenvalue weighted by Gasteiger charge is 2.46. The van der Waals surface area contributed by atoms with Crippen LogP contribution in [0.25, 0.3) is 0 Å². The molecule has 2 aliphatic rings. The van der Waals surface area contributed by atoms with Gasteiger partial charge in [-0.05, 0) is 51.6 Å². The molecule has 1 heterocycles. The maximum absolute atomic E-state index is 6.34. The Bertz CT molecular complexity index is 295. The summed E-state index contributed by atoms with van der Waals surface area (Å²) in [5.74, 6) is 1.54. The SMILES string of the molecule is CC(C)C1CCCCC1(CN)N1CCC(N(C)C)CC1. The average molecular weight is 281 g/mol. The van der Waals surface area contributed by atoms with E-state index in [4.69, 9.17) is 5.73 Å². The third kappa shape index (κ3) is 3.05. The van der Waals surface area contributed by atoms with Crippen molar-refractivity contribution >= 4 is 0 Å². The molecule has 2 rings (SSSR count). The Morgan fingerprint density at radius 1 is 1.15 bits per heavy atom. The Morgan fingerprint density at radius 3 is 2.30 bits per heavy atom. The molecule has 0 bridgehead atoms. The largest absolute Gasteiger partial charge is 0.329 e. The van der Waals surface area contributed by atoms with Gasteiger partial charge in [0.2, 0.25) is 0 Å². The number of piperidine rings is 1. The third-order valence-electron chi connectivity index (χ3n) is 6.05. The predicted molar refractivity (Wildman–Crippen MR) is 86.9 cm³/mol. The number of hydrogen-bond donors (Lipinski definition) is 1. The highest BCUT2D eigenvalue weighted by molar-refractivity contribution is 5.02. The van der Waals surface area contributed by atoms with Gasteiger partial charge in [-0.15, -0.1) is 0 Å². The first kappa shape index (κ1) is 16.3. The fourth-order valence-electron chi connectivity index (χ4n) is 4.81. The fraction of sp³-hybridized carbons (Fsp3) is 1.00. The number of nitrogens with two attached hydrogens (primary N) is 1. The first-order valence-corrected chi connectivity index (χ1v) is 8.63. The predicted octanol–water partition coefficient (Wildman–Crippen LogP) is 2.56. The van der Waals surface area contributed by atoms with E-state index < -0.39 is 0 Å². The molecule has 0 aromatic heterocycles. The molecular weight excluding hydrogens is 246 g/mol. The van der Waals surface area contributed by atoms with Crippen LogP contribution in [0.1, 0.15) is 52.4 Å². The van der Waals surface area contributed by atoms with E-state index in [0.717, 1.165) is 24.4 Å². The number of nitrogens with zero attached hydrogens (tertiary/aromatic N) is 2. The third-order valence-corrected chi connectivity index (χ3v) is 6.05. The van der Waals surface area contributed by atoms with Crippen LogP contribution < -0.4 is 5.73 Å².